The van der Waals surface area contributed by atoms with Gasteiger partial charge >= 0.3 is 0 Å². The standard InChI is InChI=1S/C70H44BN5/c1-5-21-46(22-6-1)72-57-34-15-13-29-53(57)55-44-65-56(43-64(55)72)54-30-14-16-35-58(54)76(65)59-36-18-32-51-50(31-17-33-52(51)59)45-41-66-70-67(42-45)75(49-27-11-4-12-28-49)63-40-20-38-61-69(63)71(70)68-60(73(61)47-23-7-2-8-24-47)37-19-39-62(68)74(66)48-25-9-3-10-26-48/h1-44H. The van der Waals surface area contributed by atoms with E-state index in [1.807, 2.05) is 0 Å². The second-order valence-corrected chi connectivity index (χ2v) is 20.4. The van der Waals surface area contributed by atoms with E-state index >= 15 is 0 Å². The maximum Gasteiger partial charge on any atom is 0.257 e. The summed E-state index contributed by atoms with van der Waals surface area (Å²) in [5.74, 6) is 0. The number of anilines is 9. The predicted molar refractivity (Wildman–Crippen MR) is 320 cm³/mol. The predicted octanol–water partition coefficient (Wildman–Crippen LogP) is 16.6. The molecule has 5 nitrogen and oxygen atoms in total. The number of para-hydroxylation sites is 6. The third-order valence-corrected chi connectivity index (χ3v) is 16.5. The molecule has 3 aliphatic rings. The van der Waals surface area contributed by atoms with Crippen molar-refractivity contribution in [1.82, 2.24) is 9.13 Å². The molecule has 0 amide bonds. The Hall–Kier alpha value is -10.0. The molecule has 352 valence electrons. The van der Waals surface area contributed by atoms with Crippen molar-refractivity contribution in [2.24, 2.45) is 0 Å². The minimum Gasteiger partial charge on any atom is -0.311 e. The topological polar surface area (TPSA) is 19.6 Å². The fourth-order valence-corrected chi connectivity index (χ4v) is 13.6. The molecule has 0 radical (unpaired) electrons. The van der Waals surface area contributed by atoms with Crippen LogP contribution in [-0.4, -0.2) is 15.8 Å². The summed E-state index contributed by atoms with van der Waals surface area (Å²) in [4.78, 5) is 7.56. The van der Waals surface area contributed by atoms with Crippen molar-refractivity contribution in [3.8, 4) is 22.5 Å². The number of fused-ring (bicyclic) bond motifs is 7. The molecule has 0 saturated heterocycles. The summed E-state index contributed by atoms with van der Waals surface area (Å²) in [6.45, 7) is -0.000976. The van der Waals surface area contributed by atoms with Crippen LogP contribution in [0, 0.1) is 0 Å². The highest BCUT2D eigenvalue weighted by atomic mass is 15.2. The highest BCUT2D eigenvalue weighted by Crippen LogP contribution is 2.52. The molecule has 0 bridgehead atoms. The van der Waals surface area contributed by atoms with Gasteiger partial charge < -0.3 is 23.8 Å². The highest BCUT2D eigenvalue weighted by molar-refractivity contribution is 7.02. The number of rotatable bonds is 6. The lowest BCUT2D eigenvalue weighted by molar-refractivity contribution is 1.18. The summed E-state index contributed by atoms with van der Waals surface area (Å²) in [6.07, 6.45) is 0. The first-order valence-electron chi connectivity index (χ1n) is 26.3. The summed E-state index contributed by atoms with van der Waals surface area (Å²) >= 11 is 0. The Bertz CT molecular complexity index is 4600. The van der Waals surface area contributed by atoms with Crippen molar-refractivity contribution in [1.29, 1.82) is 0 Å². The second kappa shape index (κ2) is 15.7. The Morgan fingerprint density at radius 3 is 1.12 bits per heavy atom. The fourth-order valence-electron chi connectivity index (χ4n) is 13.6. The summed E-state index contributed by atoms with van der Waals surface area (Å²) in [5.41, 5.74) is 24.0. The maximum absolute atomic E-state index is 2.53. The first-order chi connectivity index (χ1) is 37.8. The minimum absolute atomic E-state index is 0.000976. The lowest BCUT2D eigenvalue weighted by Gasteiger charge is -2.49. The van der Waals surface area contributed by atoms with Gasteiger partial charge in [0.2, 0.25) is 0 Å². The van der Waals surface area contributed by atoms with Crippen LogP contribution in [0.3, 0.4) is 0 Å². The van der Waals surface area contributed by atoms with Crippen LogP contribution in [0.2, 0.25) is 0 Å². The summed E-state index contributed by atoms with van der Waals surface area (Å²) in [7, 11) is 0. The van der Waals surface area contributed by atoms with Gasteiger partial charge in [0.1, 0.15) is 0 Å². The molecule has 76 heavy (non-hydrogen) atoms. The van der Waals surface area contributed by atoms with E-state index in [-0.39, 0.29) is 6.71 Å². The van der Waals surface area contributed by atoms with E-state index in [1.165, 1.54) is 110 Å². The maximum atomic E-state index is 2.53. The second-order valence-electron chi connectivity index (χ2n) is 20.4. The van der Waals surface area contributed by atoms with Crippen LogP contribution in [0.1, 0.15) is 0 Å². The Morgan fingerprint density at radius 2 is 0.592 bits per heavy atom. The van der Waals surface area contributed by atoms with E-state index in [1.54, 1.807) is 0 Å². The van der Waals surface area contributed by atoms with Crippen molar-refractivity contribution in [3.63, 3.8) is 0 Å². The van der Waals surface area contributed by atoms with Crippen LogP contribution >= 0.6 is 0 Å². The molecular formula is C70H44BN5. The van der Waals surface area contributed by atoms with Gasteiger partial charge in [-0.05, 0) is 148 Å². The number of aromatic nitrogens is 2. The van der Waals surface area contributed by atoms with Crippen molar-refractivity contribution in [2.45, 2.75) is 0 Å². The third-order valence-electron chi connectivity index (χ3n) is 16.5. The van der Waals surface area contributed by atoms with Gasteiger partial charge in [-0.2, -0.15) is 0 Å². The van der Waals surface area contributed by atoms with Crippen LogP contribution in [0.25, 0.3) is 76.9 Å². The molecule has 0 N–H and O–H groups in total. The lowest BCUT2D eigenvalue weighted by Crippen LogP contribution is -2.64. The van der Waals surface area contributed by atoms with Gasteiger partial charge in [0.25, 0.3) is 6.71 Å². The molecule has 6 heteroatoms. The van der Waals surface area contributed by atoms with Crippen LogP contribution in [-0.2, 0) is 0 Å². The Morgan fingerprint density at radius 1 is 0.224 bits per heavy atom. The number of hydrogen-bond donors (Lipinski definition) is 0. The molecule has 12 aromatic carbocycles. The van der Waals surface area contributed by atoms with E-state index in [0.29, 0.717) is 0 Å². The summed E-state index contributed by atoms with van der Waals surface area (Å²) in [6, 6.07) is 98.8. The van der Waals surface area contributed by atoms with Crippen LogP contribution in [0.4, 0.5) is 51.2 Å². The van der Waals surface area contributed by atoms with Crippen LogP contribution in [0.5, 0.6) is 0 Å². The largest absolute Gasteiger partial charge is 0.311 e. The average molecular weight is 966 g/mol. The molecule has 17 rings (SSSR count). The Balaban J connectivity index is 0.932. The molecule has 0 fully saturated rings. The van der Waals surface area contributed by atoms with Crippen molar-refractivity contribution in [2.75, 3.05) is 14.7 Å². The van der Waals surface area contributed by atoms with Crippen molar-refractivity contribution >= 4 is 129 Å². The molecule has 3 aliphatic heterocycles. The van der Waals surface area contributed by atoms with Gasteiger partial charge in [-0.15, -0.1) is 0 Å². The monoisotopic (exact) mass is 965 g/mol. The van der Waals surface area contributed by atoms with E-state index in [0.717, 1.165) is 34.0 Å². The quantitative estimate of drug-likeness (QED) is 0.155. The molecule has 0 aliphatic carbocycles. The van der Waals surface area contributed by atoms with Crippen molar-refractivity contribution in [3.05, 3.63) is 267 Å². The first-order valence-corrected chi connectivity index (χ1v) is 26.3. The average Bonchev–Trinajstić information content (AvgIpc) is 4.11. The molecule has 2 aromatic heterocycles. The number of benzene rings is 12. The minimum atomic E-state index is -0.000976. The highest BCUT2D eigenvalue weighted by Gasteiger charge is 2.49. The molecule has 0 saturated carbocycles. The normalized spacial score (nSPS) is 13.2. The first kappa shape index (κ1) is 41.4. The van der Waals surface area contributed by atoms with E-state index in [4.69, 9.17) is 0 Å². The van der Waals surface area contributed by atoms with E-state index < -0.39 is 0 Å². The lowest BCUT2D eigenvalue weighted by atomic mass is 9.31. The zero-order valence-corrected chi connectivity index (χ0v) is 41.2. The van der Waals surface area contributed by atoms with Gasteiger partial charge in [-0.1, -0.05) is 152 Å². The molecule has 0 unspecified atom stereocenters. The molecule has 0 atom stereocenters. The SMILES string of the molecule is c1ccc(N2c3cccc4c3B3c5c2cccc5N(c2ccccc2)c2cc(-c5cccc6c(-n7c8ccccc8c8cc9c(cc87)c7ccccc7n9-c7ccccc7)cccc56)cc(c23)N4c2ccccc2)cc1. The van der Waals surface area contributed by atoms with Gasteiger partial charge in [-0.3, -0.25) is 0 Å². The molecule has 5 heterocycles. The van der Waals surface area contributed by atoms with E-state index in [2.05, 4.69) is 291 Å². The van der Waals surface area contributed by atoms with Crippen molar-refractivity contribution < 1.29 is 0 Å². The van der Waals surface area contributed by atoms with Crippen LogP contribution in [0.15, 0.2) is 267 Å². The summed E-state index contributed by atoms with van der Waals surface area (Å²) in [5, 5.41) is 7.33. The number of nitrogens with zero attached hydrogens (tertiary/aromatic N) is 5. The summed E-state index contributed by atoms with van der Waals surface area (Å²) < 4.78 is 4.94. The van der Waals surface area contributed by atoms with Gasteiger partial charge in [0.15, 0.2) is 0 Å². The molecular weight excluding hydrogens is 922 g/mol. The van der Waals surface area contributed by atoms with E-state index in [9.17, 15) is 0 Å². The fraction of sp³-hybridized carbons (Fsp3) is 0. The van der Waals surface area contributed by atoms with Gasteiger partial charge in [0, 0.05) is 83.8 Å². The zero-order chi connectivity index (χ0) is 49.6. The Kier molecular flexibility index (Phi) is 8.58. The Labute approximate surface area is 439 Å². The molecule has 14 aromatic rings. The van der Waals surface area contributed by atoms with Crippen LogP contribution < -0.4 is 31.1 Å². The van der Waals surface area contributed by atoms with Gasteiger partial charge in [-0.25, -0.2) is 0 Å². The molecule has 0 spiro atoms. The number of hydrogen-bond acceptors (Lipinski definition) is 3. The smallest absolute Gasteiger partial charge is 0.257 e. The zero-order valence-electron chi connectivity index (χ0n) is 41.2. The van der Waals surface area contributed by atoms with Gasteiger partial charge in [0.05, 0.1) is 27.8 Å². The third kappa shape index (κ3) is 5.64.